The van der Waals surface area contributed by atoms with Crippen molar-refractivity contribution in [1.29, 1.82) is 0 Å². The number of ether oxygens (including phenoxy) is 1. The van der Waals surface area contributed by atoms with Crippen molar-refractivity contribution in [3.8, 4) is 5.75 Å². The summed E-state index contributed by atoms with van der Waals surface area (Å²) in [6, 6.07) is 7.80. The van der Waals surface area contributed by atoms with Gasteiger partial charge >= 0.3 is 5.97 Å². The fraction of sp³-hybridized carbons (Fsp3) is 0.682. The molecule has 4 heteroatoms. The second-order valence-electron chi connectivity index (χ2n) is 7.07. The first-order valence-corrected chi connectivity index (χ1v) is 10.8. The van der Waals surface area contributed by atoms with Gasteiger partial charge in [-0.2, -0.15) is 0 Å². The highest BCUT2D eigenvalue weighted by atomic mass is 31.0. The van der Waals surface area contributed by atoms with Crippen molar-refractivity contribution in [3.05, 3.63) is 29.8 Å². The first-order valence-electron chi connectivity index (χ1n) is 10.4. The first-order chi connectivity index (χ1) is 12.8. The molecule has 0 bridgehead atoms. The zero-order chi connectivity index (χ0) is 18.9. The molecule has 0 saturated carbocycles. The highest BCUT2D eigenvalue weighted by Crippen LogP contribution is 2.16. The van der Waals surface area contributed by atoms with Gasteiger partial charge in [0.2, 0.25) is 0 Å². The zero-order valence-corrected chi connectivity index (χ0v) is 17.7. The van der Waals surface area contributed by atoms with E-state index in [1.807, 2.05) is 33.7 Å². The van der Waals surface area contributed by atoms with Crippen LogP contribution >= 0.6 is 9.47 Å². The van der Waals surface area contributed by atoms with E-state index in [0.29, 0.717) is 5.75 Å². The van der Waals surface area contributed by atoms with E-state index in [2.05, 4.69) is 11.4 Å². The number of carbonyl (C=O) groups excluding carboxylic acids is 1. The molecular formula is C22H37O3P. The molecule has 0 saturated heterocycles. The Kier molecular flexibility index (Phi) is 14.5. The Morgan fingerprint density at radius 3 is 1.81 bits per heavy atom. The van der Waals surface area contributed by atoms with Crippen molar-refractivity contribution in [2.24, 2.45) is 0 Å². The van der Waals surface area contributed by atoms with Crippen LogP contribution in [0.25, 0.3) is 0 Å². The van der Waals surface area contributed by atoms with Gasteiger partial charge in [-0.05, 0) is 30.5 Å². The van der Waals surface area contributed by atoms with E-state index >= 15 is 0 Å². The molecule has 0 heterocycles. The molecule has 1 rings (SSSR count). The Morgan fingerprint density at radius 1 is 0.808 bits per heavy atom. The Bertz CT molecular complexity index is 459. The predicted molar refractivity (Wildman–Crippen MR) is 113 cm³/mol. The monoisotopic (exact) mass is 380 g/mol. The lowest BCUT2D eigenvalue weighted by atomic mass is 10.0. The van der Waals surface area contributed by atoms with Crippen LogP contribution < -0.4 is 4.74 Å². The van der Waals surface area contributed by atoms with Crippen molar-refractivity contribution >= 4 is 15.4 Å². The molecule has 0 aliphatic heterocycles. The lowest BCUT2D eigenvalue weighted by Gasteiger charge is -2.06. The summed E-state index contributed by atoms with van der Waals surface area (Å²) in [5, 5.41) is 0. The van der Waals surface area contributed by atoms with Gasteiger partial charge in [-0.25, -0.2) is 4.79 Å². The van der Waals surface area contributed by atoms with Gasteiger partial charge in [-0.3, -0.25) is 0 Å². The Labute approximate surface area is 162 Å². The number of rotatable bonds is 16. The van der Waals surface area contributed by atoms with Crippen LogP contribution in [0.4, 0.5) is 0 Å². The van der Waals surface area contributed by atoms with E-state index < -0.39 is 0 Å². The number of hydrogen-bond donors (Lipinski definition) is 0. The zero-order valence-electron chi connectivity index (χ0n) is 16.5. The van der Waals surface area contributed by atoms with Crippen LogP contribution in [-0.4, -0.2) is 12.6 Å². The van der Waals surface area contributed by atoms with Gasteiger partial charge < -0.3 is 9.26 Å². The Morgan fingerprint density at radius 2 is 1.31 bits per heavy atom. The van der Waals surface area contributed by atoms with E-state index in [-0.39, 0.29) is 12.6 Å². The number of unbranched alkanes of at least 4 members (excludes halogenated alkanes) is 11. The minimum atomic E-state index is -0.381. The van der Waals surface area contributed by atoms with Gasteiger partial charge in [-0.15, -0.1) is 0 Å². The molecule has 0 radical (unpaired) electrons. The van der Waals surface area contributed by atoms with Crippen molar-refractivity contribution < 1.29 is 14.1 Å². The van der Waals surface area contributed by atoms with Crippen molar-refractivity contribution in [2.75, 3.05) is 6.61 Å². The van der Waals surface area contributed by atoms with Crippen LogP contribution in [-0.2, 0) is 15.7 Å². The molecule has 1 atom stereocenters. The number of esters is 1. The summed E-state index contributed by atoms with van der Waals surface area (Å²) in [6.45, 7) is 2.22. The fourth-order valence-corrected chi connectivity index (χ4v) is 3.26. The summed E-state index contributed by atoms with van der Waals surface area (Å²) in [7, 11) is 2.04. The van der Waals surface area contributed by atoms with Gasteiger partial charge in [0.25, 0.3) is 0 Å². The maximum atomic E-state index is 11.3. The molecule has 0 aliphatic carbocycles. The summed E-state index contributed by atoms with van der Waals surface area (Å²) < 4.78 is 9.82. The van der Waals surface area contributed by atoms with Gasteiger partial charge in [-0.1, -0.05) is 89.7 Å². The van der Waals surface area contributed by atoms with Crippen LogP contribution in [0, 0.1) is 0 Å². The molecule has 1 aromatic carbocycles. The number of carbonyl (C=O) groups is 1. The maximum absolute atomic E-state index is 11.3. The molecule has 0 aromatic heterocycles. The maximum Gasteiger partial charge on any atom is 0.337 e. The Hall–Kier alpha value is -0.920. The van der Waals surface area contributed by atoms with E-state index in [1.54, 1.807) is 0 Å². The van der Waals surface area contributed by atoms with Crippen molar-refractivity contribution in [2.45, 2.75) is 90.4 Å². The third kappa shape index (κ3) is 12.4. The van der Waals surface area contributed by atoms with Crippen LogP contribution in [0.15, 0.2) is 24.3 Å². The topological polar surface area (TPSA) is 35.5 Å². The molecule has 0 aliphatic rings. The van der Waals surface area contributed by atoms with Crippen molar-refractivity contribution in [3.63, 3.8) is 0 Å². The minimum Gasteiger partial charge on any atom is -0.425 e. The second-order valence-corrected chi connectivity index (χ2v) is 7.40. The minimum absolute atomic E-state index is 0.0503. The summed E-state index contributed by atoms with van der Waals surface area (Å²) in [5.41, 5.74) is 1.30. The molecule has 1 aromatic rings. The summed E-state index contributed by atoms with van der Waals surface area (Å²) >= 11 is 0. The second kappa shape index (κ2) is 16.3. The molecule has 1 unspecified atom stereocenters. The van der Waals surface area contributed by atoms with Crippen molar-refractivity contribution in [1.82, 2.24) is 0 Å². The quantitative estimate of drug-likeness (QED) is 0.139. The third-order valence-corrected chi connectivity index (χ3v) is 4.84. The van der Waals surface area contributed by atoms with E-state index in [0.717, 1.165) is 6.42 Å². The molecule has 0 fully saturated rings. The first kappa shape index (κ1) is 23.1. The van der Waals surface area contributed by atoms with Gasteiger partial charge in [0.05, 0.1) is 0 Å². The third-order valence-electron chi connectivity index (χ3n) is 4.68. The molecular weight excluding hydrogens is 343 g/mol. The van der Waals surface area contributed by atoms with Crippen LogP contribution in [0.3, 0.4) is 0 Å². The smallest absolute Gasteiger partial charge is 0.337 e. The SMILES string of the molecule is CCCCCCCCCCCCCCc1ccc(OC(=O)COP)cc1. The van der Waals surface area contributed by atoms with Crippen LogP contribution in [0.2, 0.25) is 0 Å². The standard InChI is InChI=1S/C22H37O3P/c1-2-3-4-5-6-7-8-9-10-11-12-13-14-20-15-17-21(18-16-20)25-22(23)19-24-26/h15-18H,2-14,19,26H2,1H3. The van der Waals surface area contributed by atoms with Gasteiger partial charge in [0, 0.05) is 9.47 Å². The van der Waals surface area contributed by atoms with Gasteiger partial charge in [0.15, 0.2) is 0 Å². The van der Waals surface area contributed by atoms with Gasteiger partial charge in [0.1, 0.15) is 12.4 Å². The van der Waals surface area contributed by atoms with Crippen LogP contribution in [0.1, 0.15) is 89.5 Å². The highest BCUT2D eigenvalue weighted by Gasteiger charge is 2.03. The van der Waals surface area contributed by atoms with E-state index in [4.69, 9.17) is 4.74 Å². The summed E-state index contributed by atoms with van der Waals surface area (Å²) in [5.74, 6) is 0.198. The summed E-state index contributed by atoms with van der Waals surface area (Å²) in [6.07, 6.45) is 17.6. The summed E-state index contributed by atoms with van der Waals surface area (Å²) in [4.78, 5) is 11.3. The number of hydrogen-bond acceptors (Lipinski definition) is 3. The van der Waals surface area contributed by atoms with E-state index in [9.17, 15) is 4.79 Å². The van der Waals surface area contributed by atoms with Crippen LogP contribution in [0.5, 0.6) is 5.75 Å². The normalized spacial score (nSPS) is 10.8. The number of benzene rings is 1. The predicted octanol–water partition coefficient (Wildman–Crippen LogP) is 6.64. The average molecular weight is 381 g/mol. The largest absolute Gasteiger partial charge is 0.425 e. The van der Waals surface area contributed by atoms with E-state index in [1.165, 1.54) is 82.6 Å². The highest BCUT2D eigenvalue weighted by molar-refractivity contribution is 7.09. The fourth-order valence-electron chi connectivity index (χ4n) is 3.12. The lowest BCUT2D eigenvalue weighted by Crippen LogP contribution is -2.12. The number of aryl methyl sites for hydroxylation is 1. The molecule has 0 spiro atoms. The molecule has 0 N–H and O–H groups in total. The Balaban J connectivity index is 1.97. The molecule has 0 amide bonds. The molecule has 3 nitrogen and oxygen atoms in total. The molecule has 26 heavy (non-hydrogen) atoms. The molecule has 148 valence electrons. The average Bonchev–Trinajstić information content (AvgIpc) is 2.64. The lowest BCUT2D eigenvalue weighted by molar-refractivity contribution is -0.136.